The molecule has 0 aromatic heterocycles. The molecule has 6 nitrogen and oxygen atoms in total. The van der Waals surface area contributed by atoms with Crippen LogP contribution in [0.15, 0.2) is 36.0 Å². The van der Waals surface area contributed by atoms with Crippen LogP contribution in [0.2, 0.25) is 0 Å². The highest BCUT2D eigenvalue weighted by molar-refractivity contribution is 7.99. The summed E-state index contributed by atoms with van der Waals surface area (Å²) in [7, 11) is -3.96. The molecule has 0 saturated heterocycles. The predicted octanol–water partition coefficient (Wildman–Crippen LogP) is 1.83. The van der Waals surface area contributed by atoms with Crippen LogP contribution in [0.25, 0.3) is 4.91 Å². The normalized spacial score (nSPS) is 17.3. The van der Waals surface area contributed by atoms with Gasteiger partial charge >= 0.3 is 0 Å². The van der Waals surface area contributed by atoms with E-state index in [-0.39, 0.29) is 23.6 Å². The van der Waals surface area contributed by atoms with Gasteiger partial charge in [0.15, 0.2) is 0 Å². The molecular formula is C16H19N3O3S. The third-order valence-electron chi connectivity index (χ3n) is 3.31. The molecule has 0 radical (unpaired) electrons. The number of carbonyl (C=O) groups excluding carboxylic acids is 1. The number of nitrogens with one attached hydrogen (secondary N) is 1. The summed E-state index contributed by atoms with van der Waals surface area (Å²) < 4.78 is 26.8. The third kappa shape index (κ3) is 3.08. The summed E-state index contributed by atoms with van der Waals surface area (Å²) >= 11 is 0. The summed E-state index contributed by atoms with van der Waals surface area (Å²) in [5.74, 6) is -0.589. The van der Waals surface area contributed by atoms with Gasteiger partial charge in [0.2, 0.25) is 0 Å². The highest BCUT2D eigenvalue weighted by atomic mass is 32.2. The molecule has 0 atom stereocenters. The second-order valence-electron chi connectivity index (χ2n) is 6.15. The molecule has 0 saturated carbocycles. The number of sulfonamides is 1. The van der Waals surface area contributed by atoms with E-state index in [0.717, 1.165) is 4.31 Å². The molecule has 1 aliphatic heterocycles. The Morgan fingerprint density at radius 1 is 1.22 bits per heavy atom. The van der Waals surface area contributed by atoms with E-state index in [2.05, 4.69) is 5.32 Å². The van der Waals surface area contributed by atoms with Crippen molar-refractivity contribution in [2.45, 2.75) is 32.7 Å². The minimum absolute atomic E-state index is 0.0291. The van der Waals surface area contributed by atoms with Gasteiger partial charge in [-0.3, -0.25) is 4.79 Å². The molecule has 1 aromatic rings. The second kappa shape index (κ2) is 6.05. The molecule has 0 bridgehead atoms. The third-order valence-corrected chi connectivity index (χ3v) is 5.46. The lowest BCUT2D eigenvalue weighted by Crippen LogP contribution is -2.46. The molecule has 1 N–H and O–H groups in total. The standard InChI is InChI=1S/C16H19N3O3S/c1-16(2,3)19-15(20)13(18-11-7-10-17)14(23(19,21)22)12-8-5-4-6-9-12/h4-6,8-9,18H,7,11H2,1-3H3. The van der Waals surface area contributed by atoms with Crippen LogP contribution in [0.4, 0.5) is 0 Å². The molecule has 1 aliphatic rings. The Hall–Kier alpha value is -2.33. The van der Waals surface area contributed by atoms with Crippen molar-refractivity contribution in [3.8, 4) is 6.07 Å². The van der Waals surface area contributed by atoms with Crippen molar-refractivity contribution in [1.82, 2.24) is 9.62 Å². The maximum absolute atomic E-state index is 12.9. The Morgan fingerprint density at radius 2 is 1.83 bits per heavy atom. The molecule has 2 rings (SSSR count). The summed E-state index contributed by atoms with van der Waals surface area (Å²) in [6, 6.07) is 10.5. The van der Waals surface area contributed by atoms with Crippen LogP contribution in [0.1, 0.15) is 32.8 Å². The van der Waals surface area contributed by atoms with E-state index in [4.69, 9.17) is 5.26 Å². The van der Waals surface area contributed by atoms with Crippen molar-refractivity contribution in [1.29, 1.82) is 5.26 Å². The van der Waals surface area contributed by atoms with Crippen molar-refractivity contribution >= 4 is 20.8 Å². The number of rotatable bonds is 4. The van der Waals surface area contributed by atoms with Crippen molar-refractivity contribution in [3.05, 3.63) is 41.6 Å². The van der Waals surface area contributed by atoms with Crippen molar-refractivity contribution < 1.29 is 13.2 Å². The van der Waals surface area contributed by atoms with Gasteiger partial charge in [0.05, 0.1) is 18.0 Å². The highest BCUT2D eigenvalue weighted by Crippen LogP contribution is 2.38. The number of hydrogen-bond donors (Lipinski definition) is 1. The summed E-state index contributed by atoms with van der Waals surface area (Å²) in [5, 5.41) is 11.5. The SMILES string of the molecule is CC(C)(C)N1C(=O)C(NCCC#N)=C(c2ccccc2)S1(=O)=O. The number of carbonyl (C=O) groups is 1. The summed E-state index contributed by atoms with van der Waals surface area (Å²) in [4.78, 5) is 12.7. The van der Waals surface area contributed by atoms with Gasteiger partial charge in [-0.1, -0.05) is 30.3 Å². The van der Waals surface area contributed by atoms with Crippen molar-refractivity contribution in [2.75, 3.05) is 6.54 Å². The quantitative estimate of drug-likeness (QED) is 0.849. The maximum Gasteiger partial charge on any atom is 0.285 e. The van der Waals surface area contributed by atoms with Crippen LogP contribution in [-0.4, -0.2) is 30.7 Å². The molecule has 0 unspecified atom stereocenters. The number of amides is 1. The highest BCUT2D eigenvalue weighted by Gasteiger charge is 2.49. The van der Waals surface area contributed by atoms with E-state index < -0.39 is 21.5 Å². The molecule has 1 heterocycles. The summed E-state index contributed by atoms with van der Waals surface area (Å²) in [6.07, 6.45) is 0.175. The van der Waals surface area contributed by atoms with Crippen molar-refractivity contribution in [3.63, 3.8) is 0 Å². The Balaban J connectivity index is 2.61. The Bertz CT molecular complexity index is 784. The van der Waals surface area contributed by atoms with Gasteiger partial charge in [0, 0.05) is 6.54 Å². The lowest BCUT2D eigenvalue weighted by Gasteiger charge is -2.30. The zero-order chi connectivity index (χ0) is 17.3. The fourth-order valence-corrected chi connectivity index (χ4v) is 4.54. The van der Waals surface area contributed by atoms with Crippen LogP contribution < -0.4 is 5.32 Å². The Labute approximate surface area is 136 Å². The maximum atomic E-state index is 12.9. The predicted molar refractivity (Wildman–Crippen MR) is 87.1 cm³/mol. The molecule has 1 amide bonds. The smallest absolute Gasteiger partial charge is 0.285 e. The first-order chi connectivity index (χ1) is 10.7. The van der Waals surface area contributed by atoms with E-state index >= 15 is 0 Å². The van der Waals surface area contributed by atoms with Gasteiger partial charge in [-0.05, 0) is 26.3 Å². The monoisotopic (exact) mass is 333 g/mol. The zero-order valence-electron chi connectivity index (χ0n) is 13.3. The topological polar surface area (TPSA) is 90.3 Å². The minimum atomic E-state index is -3.96. The first-order valence-electron chi connectivity index (χ1n) is 7.21. The van der Waals surface area contributed by atoms with Crippen molar-refractivity contribution in [2.24, 2.45) is 0 Å². The summed E-state index contributed by atoms with van der Waals surface area (Å²) in [5.41, 5.74) is -0.400. The number of hydrogen-bond acceptors (Lipinski definition) is 5. The fraction of sp³-hybridized carbons (Fsp3) is 0.375. The van der Waals surface area contributed by atoms with Gasteiger partial charge in [0.25, 0.3) is 15.9 Å². The average molecular weight is 333 g/mol. The zero-order valence-corrected chi connectivity index (χ0v) is 14.1. The van der Waals surface area contributed by atoms with Crippen LogP contribution >= 0.6 is 0 Å². The van der Waals surface area contributed by atoms with E-state index in [9.17, 15) is 13.2 Å². The van der Waals surface area contributed by atoms with Crippen LogP contribution in [-0.2, 0) is 14.8 Å². The molecule has 0 spiro atoms. The van der Waals surface area contributed by atoms with E-state index in [0.29, 0.717) is 5.56 Å². The lowest BCUT2D eigenvalue weighted by molar-refractivity contribution is -0.125. The molecule has 0 fully saturated rings. The van der Waals surface area contributed by atoms with Gasteiger partial charge in [0.1, 0.15) is 10.6 Å². The molecule has 1 aromatic carbocycles. The largest absolute Gasteiger partial charge is 0.378 e. The number of nitriles is 1. The Morgan fingerprint density at radius 3 is 2.35 bits per heavy atom. The molecule has 122 valence electrons. The minimum Gasteiger partial charge on any atom is -0.378 e. The van der Waals surface area contributed by atoms with Gasteiger partial charge in [-0.15, -0.1) is 0 Å². The molecule has 7 heteroatoms. The lowest BCUT2D eigenvalue weighted by atomic mass is 10.1. The number of benzene rings is 1. The number of nitrogens with zero attached hydrogens (tertiary/aromatic N) is 2. The van der Waals surface area contributed by atoms with Gasteiger partial charge < -0.3 is 5.32 Å². The van der Waals surface area contributed by atoms with Crippen LogP contribution in [0.3, 0.4) is 0 Å². The van der Waals surface area contributed by atoms with E-state index in [1.54, 1.807) is 51.1 Å². The summed E-state index contributed by atoms with van der Waals surface area (Å²) in [6.45, 7) is 5.22. The Kier molecular flexibility index (Phi) is 4.48. The fourth-order valence-electron chi connectivity index (χ4n) is 2.48. The first kappa shape index (κ1) is 17.0. The van der Waals surface area contributed by atoms with E-state index in [1.807, 2.05) is 6.07 Å². The van der Waals surface area contributed by atoms with Gasteiger partial charge in [-0.2, -0.15) is 5.26 Å². The first-order valence-corrected chi connectivity index (χ1v) is 8.65. The average Bonchev–Trinajstić information content (AvgIpc) is 2.65. The molecule has 0 aliphatic carbocycles. The second-order valence-corrected chi connectivity index (χ2v) is 7.87. The van der Waals surface area contributed by atoms with Crippen LogP contribution in [0.5, 0.6) is 0 Å². The van der Waals surface area contributed by atoms with E-state index in [1.165, 1.54) is 0 Å². The molecular weight excluding hydrogens is 314 g/mol. The van der Waals surface area contributed by atoms with Gasteiger partial charge in [-0.25, -0.2) is 12.7 Å². The van der Waals surface area contributed by atoms with Crippen LogP contribution in [0, 0.1) is 11.3 Å². The molecule has 23 heavy (non-hydrogen) atoms.